The molecular weight excluding hydrogens is 271 g/mol. The van der Waals surface area contributed by atoms with Crippen LogP contribution in [0.25, 0.3) is 0 Å². The summed E-state index contributed by atoms with van der Waals surface area (Å²) in [6, 6.07) is 5.06. The van der Waals surface area contributed by atoms with Crippen molar-refractivity contribution in [2.45, 2.75) is 20.4 Å². The van der Waals surface area contributed by atoms with E-state index in [1.165, 1.54) is 11.0 Å². The topological polar surface area (TPSA) is 56.7 Å². The number of carbonyl (C=O) groups is 1. The summed E-state index contributed by atoms with van der Waals surface area (Å²) in [5.41, 5.74) is 1.40. The van der Waals surface area contributed by atoms with Crippen LogP contribution < -0.4 is 10.6 Å². The molecule has 0 bridgehead atoms. The van der Waals surface area contributed by atoms with Crippen molar-refractivity contribution in [1.82, 2.24) is 15.5 Å². The van der Waals surface area contributed by atoms with Gasteiger partial charge < -0.3 is 15.5 Å². The van der Waals surface area contributed by atoms with E-state index in [0.717, 1.165) is 5.56 Å². The average molecular weight is 294 g/mol. The van der Waals surface area contributed by atoms with E-state index in [9.17, 15) is 9.18 Å². The largest absolute Gasteiger partial charge is 0.357 e. The molecule has 1 aromatic carbocycles. The van der Waals surface area contributed by atoms with Gasteiger partial charge in [-0.05, 0) is 31.0 Å². The fourth-order valence-corrected chi connectivity index (χ4v) is 1.56. The molecule has 0 saturated carbocycles. The van der Waals surface area contributed by atoms with Gasteiger partial charge in [-0.2, -0.15) is 0 Å². The van der Waals surface area contributed by atoms with E-state index in [-0.39, 0.29) is 18.3 Å². The standard InChI is InChI=1S/C15H23FN4O/c1-5-17-15(19-10-14(21)20(3)4)18-9-12-7-6-11(2)13(16)8-12/h6-8H,5,9-10H2,1-4H3,(H2,17,18,19). The molecule has 0 aliphatic heterocycles. The molecule has 2 N–H and O–H groups in total. The minimum absolute atomic E-state index is 0.0398. The number of rotatable bonds is 5. The van der Waals surface area contributed by atoms with Gasteiger partial charge in [-0.3, -0.25) is 4.79 Å². The summed E-state index contributed by atoms with van der Waals surface area (Å²) < 4.78 is 13.5. The lowest BCUT2D eigenvalue weighted by molar-refractivity contribution is -0.127. The number of hydrogen-bond acceptors (Lipinski definition) is 2. The predicted octanol–water partition coefficient (Wildman–Crippen LogP) is 1.28. The van der Waals surface area contributed by atoms with Crippen LogP contribution in [0.5, 0.6) is 0 Å². The van der Waals surface area contributed by atoms with Gasteiger partial charge >= 0.3 is 0 Å². The summed E-state index contributed by atoms with van der Waals surface area (Å²) in [4.78, 5) is 17.4. The fraction of sp³-hybridized carbons (Fsp3) is 0.467. The van der Waals surface area contributed by atoms with Gasteiger partial charge in [-0.15, -0.1) is 0 Å². The number of amides is 1. The molecule has 0 radical (unpaired) electrons. The fourth-order valence-electron chi connectivity index (χ4n) is 1.56. The van der Waals surface area contributed by atoms with E-state index in [0.29, 0.717) is 24.6 Å². The van der Waals surface area contributed by atoms with Crippen molar-refractivity contribution in [3.05, 3.63) is 35.1 Å². The Morgan fingerprint density at radius 2 is 2.05 bits per heavy atom. The van der Waals surface area contributed by atoms with Crippen LogP contribution in [0.3, 0.4) is 0 Å². The van der Waals surface area contributed by atoms with Crippen molar-refractivity contribution in [2.24, 2.45) is 4.99 Å². The molecule has 0 saturated heterocycles. The number of aryl methyl sites for hydroxylation is 1. The quantitative estimate of drug-likeness (QED) is 0.635. The molecule has 5 nitrogen and oxygen atoms in total. The lowest BCUT2D eigenvalue weighted by Crippen LogP contribution is -2.42. The number of guanidine groups is 1. The molecule has 1 aromatic rings. The van der Waals surface area contributed by atoms with Crippen LogP contribution in [0.2, 0.25) is 0 Å². The second-order valence-corrected chi connectivity index (χ2v) is 4.92. The molecule has 116 valence electrons. The molecule has 0 spiro atoms. The Kier molecular flexibility index (Phi) is 6.65. The lowest BCUT2D eigenvalue weighted by Gasteiger charge is -2.14. The number of nitrogens with one attached hydrogen (secondary N) is 2. The zero-order chi connectivity index (χ0) is 15.8. The Hall–Kier alpha value is -2.11. The van der Waals surface area contributed by atoms with Gasteiger partial charge in [0, 0.05) is 20.6 Å². The van der Waals surface area contributed by atoms with Crippen LogP contribution in [-0.4, -0.2) is 44.0 Å². The van der Waals surface area contributed by atoms with Crippen LogP contribution in [0.15, 0.2) is 23.2 Å². The number of hydrogen-bond donors (Lipinski definition) is 2. The Bertz CT molecular complexity index is 514. The Labute approximate surface area is 125 Å². The van der Waals surface area contributed by atoms with Crippen LogP contribution >= 0.6 is 0 Å². The zero-order valence-corrected chi connectivity index (χ0v) is 13.0. The monoisotopic (exact) mass is 294 g/mol. The number of carbonyl (C=O) groups excluding carboxylic acids is 1. The smallest absolute Gasteiger partial charge is 0.241 e. The normalized spacial score (nSPS) is 11.2. The second-order valence-electron chi connectivity index (χ2n) is 4.92. The van der Waals surface area contributed by atoms with E-state index in [1.807, 2.05) is 13.0 Å². The summed E-state index contributed by atoms with van der Waals surface area (Å²) in [6.45, 7) is 4.87. The van der Waals surface area contributed by atoms with Gasteiger partial charge in [-0.25, -0.2) is 9.38 Å². The second kappa shape index (κ2) is 8.24. The number of aliphatic imine (C=N–C) groups is 1. The van der Waals surface area contributed by atoms with Crippen LogP contribution in [0, 0.1) is 12.7 Å². The Morgan fingerprint density at radius 1 is 1.33 bits per heavy atom. The van der Waals surface area contributed by atoms with Crippen molar-refractivity contribution in [3.63, 3.8) is 0 Å². The maximum Gasteiger partial charge on any atom is 0.241 e. The first-order valence-electron chi connectivity index (χ1n) is 6.91. The highest BCUT2D eigenvalue weighted by Gasteiger charge is 2.05. The van der Waals surface area contributed by atoms with Crippen molar-refractivity contribution >= 4 is 11.9 Å². The third-order valence-electron chi connectivity index (χ3n) is 2.91. The Balaban J connectivity index is 2.66. The molecule has 21 heavy (non-hydrogen) atoms. The van der Waals surface area contributed by atoms with E-state index in [2.05, 4.69) is 15.6 Å². The number of halogens is 1. The van der Waals surface area contributed by atoms with Crippen LogP contribution in [-0.2, 0) is 11.3 Å². The van der Waals surface area contributed by atoms with Gasteiger partial charge in [0.1, 0.15) is 5.82 Å². The molecule has 0 aliphatic rings. The maximum atomic E-state index is 13.5. The summed E-state index contributed by atoms with van der Waals surface area (Å²) in [5.74, 6) is 0.263. The van der Waals surface area contributed by atoms with Gasteiger partial charge in [0.2, 0.25) is 5.91 Å². The SMILES string of the molecule is CCNC(=NCc1ccc(C)c(F)c1)NCC(=O)N(C)C. The van der Waals surface area contributed by atoms with Crippen molar-refractivity contribution in [2.75, 3.05) is 27.2 Å². The Morgan fingerprint density at radius 3 is 2.62 bits per heavy atom. The first-order chi connectivity index (χ1) is 9.93. The molecule has 1 amide bonds. The van der Waals surface area contributed by atoms with Crippen molar-refractivity contribution in [3.8, 4) is 0 Å². The summed E-state index contributed by atoms with van der Waals surface area (Å²) in [7, 11) is 3.40. The van der Waals surface area contributed by atoms with Gasteiger partial charge in [-0.1, -0.05) is 12.1 Å². The van der Waals surface area contributed by atoms with Crippen LogP contribution in [0.4, 0.5) is 4.39 Å². The minimum atomic E-state index is -0.233. The van der Waals surface area contributed by atoms with Crippen molar-refractivity contribution in [1.29, 1.82) is 0 Å². The third-order valence-corrected chi connectivity index (χ3v) is 2.91. The highest BCUT2D eigenvalue weighted by molar-refractivity contribution is 5.86. The summed E-state index contributed by atoms with van der Waals surface area (Å²) in [5, 5.41) is 6.00. The van der Waals surface area contributed by atoms with E-state index in [4.69, 9.17) is 0 Å². The van der Waals surface area contributed by atoms with E-state index < -0.39 is 0 Å². The molecule has 0 heterocycles. The maximum absolute atomic E-state index is 13.5. The minimum Gasteiger partial charge on any atom is -0.357 e. The predicted molar refractivity (Wildman–Crippen MR) is 82.6 cm³/mol. The van der Waals surface area contributed by atoms with Gasteiger partial charge in [0.25, 0.3) is 0 Å². The van der Waals surface area contributed by atoms with Crippen LogP contribution in [0.1, 0.15) is 18.1 Å². The summed E-state index contributed by atoms with van der Waals surface area (Å²) >= 11 is 0. The molecule has 0 fully saturated rings. The molecule has 6 heteroatoms. The molecule has 0 aliphatic carbocycles. The van der Waals surface area contributed by atoms with E-state index >= 15 is 0 Å². The average Bonchev–Trinajstić information content (AvgIpc) is 2.45. The molecule has 1 rings (SSSR count). The molecule has 0 unspecified atom stereocenters. The first kappa shape index (κ1) is 16.9. The molecule has 0 aromatic heterocycles. The van der Waals surface area contributed by atoms with Gasteiger partial charge in [0.05, 0.1) is 13.1 Å². The highest BCUT2D eigenvalue weighted by Crippen LogP contribution is 2.09. The lowest BCUT2D eigenvalue weighted by atomic mass is 10.1. The third kappa shape index (κ3) is 5.81. The van der Waals surface area contributed by atoms with Crippen molar-refractivity contribution < 1.29 is 9.18 Å². The number of likely N-dealkylation sites (N-methyl/N-ethyl adjacent to an activating group) is 1. The molecule has 0 atom stereocenters. The summed E-state index contributed by atoms with van der Waals surface area (Å²) in [6.07, 6.45) is 0. The molecular formula is C15H23FN4O. The van der Waals surface area contributed by atoms with E-state index in [1.54, 1.807) is 27.1 Å². The number of nitrogens with zero attached hydrogens (tertiary/aromatic N) is 2. The number of benzene rings is 1. The zero-order valence-electron chi connectivity index (χ0n) is 13.0. The highest BCUT2D eigenvalue weighted by atomic mass is 19.1. The van der Waals surface area contributed by atoms with Gasteiger partial charge in [0.15, 0.2) is 5.96 Å². The first-order valence-corrected chi connectivity index (χ1v) is 6.91.